The molecule has 7 nitrogen and oxygen atoms in total. The fourth-order valence-corrected chi connectivity index (χ4v) is 2.31. The van der Waals surface area contributed by atoms with Gasteiger partial charge in [0.2, 0.25) is 0 Å². The summed E-state index contributed by atoms with van der Waals surface area (Å²) in [4.78, 5) is 45.4. The van der Waals surface area contributed by atoms with Crippen LogP contribution in [0.2, 0.25) is 0 Å². The second-order valence-electron chi connectivity index (χ2n) is 7.53. The van der Waals surface area contributed by atoms with Gasteiger partial charge in [-0.2, -0.15) is 0 Å². The Kier molecular flexibility index (Phi) is 14.2. The molecule has 162 valence electrons. The topological polar surface area (TPSA) is 96.0 Å². The van der Waals surface area contributed by atoms with E-state index in [0.29, 0.717) is 25.7 Å². The molecule has 0 spiro atoms. The molecule has 0 bridgehead atoms. The molecule has 0 N–H and O–H groups in total. The van der Waals surface area contributed by atoms with Gasteiger partial charge in [-0.25, -0.2) is 0 Å². The molecule has 0 aliphatic heterocycles. The lowest BCUT2D eigenvalue weighted by Gasteiger charge is -2.14. The SMILES string of the molecule is CC(=O)C(C)CCC(C)C(=O)OCCOCCOC(=O)C(C)CCC(C)C=O. The van der Waals surface area contributed by atoms with E-state index in [4.69, 9.17) is 14.2 Å². The highest BCUT2D eigenvalue weighted by Crippen LogP contribution is 2.14. The summed E-state index contributed by atoms with van der Waals surface area (Å²) in [7, 11) is 0. The Hall–Kier alpha value is -1.76. The Labute approximate surface area is 168 Å². The Morgan fingerprint density at radius 1 is 0.714 bits per heavy atom. The minimum atomic E-state index is -0.304. The van der Waals surface area contributed by atoms with Crippen LogP contribution < -0.4 is 0 Å². The number of Topliss-reactive ketones (excluding diaryl/α,β-unsaturated/α-hetero) is 1. The highest BCUT2D eigenvalue weighted by molar-refractivity contribution is 5.78. The van der Waals surface area contributed by atoms with Gasteiger partial charge in [0.1, 0.15) is 25.3 Å². The number of carbonyl (C=O) groups excluding carboxylic acids is 4. The van der Waals surface area contributed by atoms with Crippen LogP contribution in [0.25, 0.3) is 0 Å². The van der Waals surface area contributed by atoms with Crippen molar-refractivity contribution >= 4 is 24.0 Å². The van der Waals surface area contributed by atoms with Crippen LogP contribution in [-0.2, 0) is 33.4 Å². The molecule has 0 heterocycles. The maximum Gasteiger partial charge on any atom is 0.308 e. The van der Waals surface area contributed by atoms with Gasteiger partial charge >= 0.3 is 11.9 Å². The zero-order valence-electron chi connectivity index (χ0n) is 17.9. The molecule has 7 heteroatoms. The molecule has 0 aliphatic rings. The third kappa shape index (κ3) is 12.6. The fraction of sp³-hybridized carbons (Fsp3) is 0.810. The summed E-state index contributed by atoms with van der Waals surface area (Å²) in [6.45, 7) is 9.52. The second-order valence-corrected chi connectivity index (χ2v) is 7.53. The van der Waals surface area contributed by atoms with Crippen molar-refractivity contribution in [3.8, 4) is 0 Å². The van der Waals surface area contributed by atoms with E-state index in [0.717, 1.165) is 6.29 Å². The van der Waals surface area contributed by atoms with Crippen molar-refractivity contribution in [3.63, 3.8) is 0 Å². The minimum absolute atomic E-state index is 0.0440. The third-order valence-electron chi connectivity index (χ3n) is 4.76. The molecule has 0 aromatic carbocycles. The number of esters is 2. The standard InChI is InChI=1S/C21H36O7/c1-15(14-22)6-7-17(3)20(24)27-12-10-26-11-13-28-21(25)18(4)9-8-16(2)19(5)23/h14-18H,6-13H2,1-5H3. The number of ketones is 1. The molecule has 0 saturated carbocycles. The molecule has 4 unspecified atom stereocenters. The predicted octanol–water partition coefficient (Wildman–Crippen LogP) is 2.98. The van der Waals surface area contributed by atoms with Gasteiger partial charge in [0.15, 0.2) is 0 Å². The van der Waals surface area contributed by atoms with Crippen molar-refractivity contribution in [3.05, 3.63) is 0 Å². The van der Waals surface area contributed by atoms with Gasteiger partial charge < -0.3 is 19.0 Å². The van der Waals surface area contributed by atoms with Crippen LogP contribution in [0.1, 0.15) is 60.3 Å². The Morgan fingerprint density at radius 3 is 1.57 bits per heavy atom. The van der Waals surface area contributed by atoms with E-state index in [2.05, 4.69) is 0 Å². The summed E-state index contributed by atoms with van der Waals surface area (Å²) in [5, 5.41) is 0. The number of carbonyl (C=O) groups is 4. The number of aldehydes is 1. The van der Waals surface area contributed by atoms with Crippen molar-refractivity contribution in [2.45, 2.75) is 60.3 Å². The molecule has 0 aromatic heterocycles. The van der Waals surface area contributed by atoms with Gasteiger partial charge in [-0.15, -0.1) is 0 Å². The van der Waals surface area contributed by atoms with Gasteiger partial charge in [-0.3, -0.25) is 14.4 Å². The van der Waals surface area contributed by atoms with Crippen LogP contribution in [-0.4, -0.2) is 50.4 Å². The quantitative estimate of drug-likeness (QED) is 0.223. The van der Waals surface area contributed by atoms with Gasteiger partial charge in [0, 0.05) is 11.8 Å². The average molecular weight is 401 g/mol. The van der Waals surface area contributed by atoms with Gasteiger partial charge in [-0.05, 0) is 32.6 Å². The van der Waals surface area contributed by atoms with E-state index in [9.17, 15) is 19.2 Å². The smallest absolute Gasteiger partial charge is 0.308 e. The zero-order valence-corrected chi connectivity index (χ0v) is 17.9. The Bertz CT molecular complexity index is 489. The summed E-state index contributed by atoms with van der Waals surface area (Å²) in [5.74, 6) is -1.09. The van der Waals surface area contributed by atoms with Crippen LogP contribution in [0.5, 0.6) is 0 Å². The summed E-state index contributed by atoms with van der Waals surface area (Å²) in [6.07, 6.45) is 3.43. The molecule has 4 atom stereocenters. The zero-order chi connectivity index (χ0) is 21.5. The van der Waals surface area contributed by atoms with Crippen LogP contribution in [0.15, 0.2) is 0 Å². The molecule has 0 rings (SSSR count). The van der Waals surface area contributed by atoms with Crippen molar-refractivity contribution in [1.29, 1.82) is 0 Å². The van der Waals surface area contributed by atoms with Crippen molar-refractivity contribution in [2.24, 2.45) is 23.7 Å². The van der Waals surface area contributed by atoms with Crippen LogP contribution in [0, 0.1) is 23.7 Å². The van der Waals surface area contributed by atoms with Crippen molar-refractivity contribution in [2.75, 3.05) is 26.4 Å². The minimum Gasteiger partial charge on any atom is -0.463 e. The molecule has 0 radical (unpaired) electrons. The second kappa shape index (κ2) is 15.2. The van der Waals surface area contributed by atoms with Crippen LogP contribution in [0.4, 0.5) is 0 Å². The van der Waals surface area contributed by atoms with E-state index in [1.165, 1.54) is 0 Å². The van der Waals surface area contributed by atoms with Crippen molar-refractivity contribution in [1.82, 2.24) is 0 Å². The highest BCUT2D eigenvalue weighted by atomic mass is 16.6. The molecule has 0 fully saturated rings. The molecule has 0 saturated heterocycles. The summed E-state index contributed by atoms with van der Waals surface area (Å²) in [6, 6.07) is 0. The van der Waals surface area contributed by atoms with Crippen LogP contribution in [0.3, 0.4) is 0 Å². The number of ether oxygens (including phenoxy) is 3. The van der Waals surface area contributed by atoms with Crippen LogP contribution >= 0.6 is 0 Å². The lowest BCUT2D eigenvalue weighted by atomic mass is 9.96. The Morgan fingerprint density at radius 2 is 1.14 bits per heavy atom. The molecule has 28 heavy (non-hydrogen) atoms. The first-order valence-electron chi connectivity index (χ1n) is 10.1. The first-order valence-corrected chi connectivity index (χ1v) is 10.1. The largest absolute Gasteiger partial charge is 0.463 e. The van der Waals surface area contributed by atoms with E-state index in [-0.39, 0.29) is 67.8 Å². The summed E-state index contributed by atoms with van der Waals surface area (Å²) in [5.41, 5.74) is 0. The van der Waals surface area contributed by atoms with Gasteiger partial charge in [-0.1, -0.05) is 27.7 Å². The van der Waals surface area contributed by atoms with Gasteiger partial charge in [0.25, 0.3) is 0 Å². The first kappa shape index (κ1) is 26.2. The Balaban J connectivity index is 3.72. The summed E-state index contributed by atoms with van der Waals surface area (Å²) < 4.78 is 15.6. The monoisotopic (exact) mass is 400 g/mol. The van der Waals surface area contributed by atoms with E-state index >= 15 is 0 Å². The molecular weight excluding hydrogens is 364 g/mol. The maximum absolute atomic E-state index is 11.9. The highest BCUT2D eigenvalue weighted by Gasteiger charge is 2.17. The normalized spacial score (nSPS) is 15.2. The molecule has 0 aromatic rings. The fourth-order valence-electron chi connectivity index (χ4n) is 2.31. The third-order valence-corrected chi connectivity index (χ3v) is 4.76. The first-order chi connectivity index (χ1) is 13.2. The van der Waals surface area contributed by atoms with Gasteiger partial charge in [0.05, 0.1) is 25.0 Å². The number of hydrogen-bond acceptors (Lipinski definition) is 7. The lowest BCUT2D eigenvalue weighted by molar-refractivity contribution is -0.151. The van der Waals surface area contributed by atoms with E-state index < -0.39 is 0 Å². The van der Waals surface area contributed by atoms with Crippen molar-refractivity contribution < 1.29 is 33.4 Å². The molecule has 0 aliphatic carbocycles. The van der Waals surface area contributed by atoms with E-state index in [1.54, 1.807) is 20.8 Å². The average Bonchev–Trinajstić information content (AvgIpc) is 2.67. The predicted molar refractivity (Wildman–Crippen MR) is 105 cm³/mol. The lowest BCUT2D eigenvalue weighted by Crippen LogP contribution is -2.21. The number of rotatable bonds is 16. The maximum atomic E-state index is 11.9. The number of hydrogen-bond donors (Lipinski definition) is 0. The summed E-state index contributed by atoms with van der Waals surface area (Å²) >= 11 is 0. The van der Waals surface area contributed by atoms with E-state index in [1.807, 2.05) is 13.8 Å². The molecule has 0 amide bonds. The molecular formula is C21H36O7.